The summed E-state index contributed by atoms with van der Waals surface area (Å²) >= 11 is 0. The van der Waals surface area contributed by atoms with Gasteiger partial charge in [-0.3, -0.25) is 4.98 Å². The first-order valence-electron chi connectivity index (χ1n) is 6.44. The minimum atomic E-state index is -3.80. The molecule has 21 heavy (non-hydrogen) atoms. The van der Waals surface area contributed by atoms with E-state index in [1.165, 1.54) is 0 Å². The Labute approximate surface area is 123 Å². The van der Waals surface area contributed by atoms with E-state index in [0.29, 0.717) is 5.56 Å². The van der Waals surface area contributed by atoms with Crippen LogP contribution in [0.3, 0.4) is 0 Å². The molecule has 0 spiro atoms. The molecule has 3 aromatic rings. The van der Waals surface area contributed by atoms with Crippen molar-refractivity contribution >= 4 is 20.9 Å². The standard InChI is InChI=1S/C16H14N2O2S/c1-11-7-8-13(15(10-11)21(17,19)20)14-6-2-4-12-5-3-9-18-16(12)14/h2-10H,1H3,(H2,17,19,20). The molecule has 0 saturated heterocycles. The van der Waals surface area contributed by atoms with E-state index in [4.69, 9.17) is 5.14 Å². The van der Waals surface area contributed by atoms with Gasteiger partial charge in [0.15, 0.2) is 0 Å². The van der Waals surface area contributed by atoms with Crippen LogP contribution in [0.1, 0.15) is 5.56 Å². The average Bonchev–Trinajstić information content (AvgIpc) is 2.46. The third-order valence-corrected chi connectivity index (χ3v) is 4.32. The summed E-state index contributed by atoms with van der Waals surface area (Å²) in [6.07, 6.45) is 1.69. The molecule has 0 atom stereocenters. The van der Waals surface area contributed by atoms with E-state index in [2.05, 4.69) is 4.98 Å². The Morgan fingerprint density at radius 2 is 1.76 bits per heavy atom. The number of aromatic nitrogens is 1. The Hall–Kier alpha value is -2.24. The molecule has 5 heteroatoms. The molecular formula is C16H14N2O2S. The summed E-state index contributed by atoms with van der Waals surface area (Å²) in [5.74, 6) is 0. The molecule has 1 aromatic heterocycles. The van der Waals surface area contributed by atoms with Crippen molar-refractivity contribution in [1.29, 1.82) is 0 Å². The summed E-state index contributed by atoms with van der Waals surface area (Å²) in [4.78, 5) is 4.49. The van der Waals surface area contributed by atoms with Crippen LogP contribution in [0.25, 0.3) is 22.0 Å². The van der Waals surface area contributed by atoms with Gasteiger partial charge in [-0.2, -0.15) is 0 Å². The molecular weight excluding hydrogens is 284 g/mol. The smallest absolute Gasteiger partial charge is 0.238 e. The molecule has 0 unspecified atom stereocenters. The largest absolute Gasteiger partial charge is 0.256 e. The predicted octanol–water partition coefficient (Wildman–Crippen LogP) is 2.86. The van der Waals surface area contributed by atoms with E-state index >= 15 is 0 Å². The summed E-state index contributed by atoms with van der Waals surface area (Å²) in [6, 6.07) is 14.7. The van der Waals surface area contributed by atoms with Crippen molar-refractivity contribution in [2.24, 2.45) is 5.14 Å². The van der Waals surface area contributed by atoms with Gasteiger partial charge in [0.1, 0.15) is 0 Å². The quantitative estimate of drug-likeness (QED) is 0.790. The average molecular weight is 298 g/mol. The molecule has 0 aliphatic heterocycles. The monoisotopic (exact) mass is 298 g/mol. The normalized spacial score (nSPS) is 11.7. The fourth-order valence-corrected chi connectivity index (χ4v) is 3.24. The lowest BCUT2D eigenvalue weighted by Gasteiger charge is -2.11. The number of nitrogens with zero attached hydrogens (tertiary/aromatic N) is 1. The molecule has 2 N–H and O–H groups in total. The Bertz CT molecular complexity index is 929. The minimum absolute atomic E-state index is 0.126. The van der Waals surface area contributed by atoms with Crippen LogP contribution in [0.5, 0.6) is 0 Å². The van der Waals surface area contributed by atoms with Crippen LogP contribution >= 0.6 is 0 Å². The van der Waals surface area contributed by atoms with Gasteiger partial charge in [0.05, 0.1) is 10.4 Å². The third-order valence-electron chi connectivity index (χ3n) is 3.37. The predicted molar refractivity (Wildman–Crippen MR) is 83.3 cm³/mol. The zero-order chi connectivity index (χ0) is 15.0. The lowest BCUT2D eigenvalue weighted by Crippen LogP contribution is -2.13. The van der Waals surface area contributed by atoms with E-state index in [0.717, 1.165) is 22.0 Å². The van der Waals surface area contributed by atoms with Crippen molar-refractivity contribution < 1.29 is 8.42 Å². The zero-order valence-corrected chi connectivity index (χ0v) is 12.3. The molecule has 0 bridgehead atoms. The van der Waals surface area contributed by atoms with Crippen molar-refractivity contribution in [1.82, 2.24) is 4.98 Å². The molecule has 0 radical (unpaired) electrons. The highest BCUT2D eigenvalue weighted by atomic mass is 32.2. The van der Waals surface area contributed by atoms with E-state index in [9.17, 15) is 8.42 Å². The van der Waals surface area contributed by atoms with Gasteiger partial charge < -0.3 is 0 Å². The highest BCUT2D eigenvalue weighted by molar-refractivity contribution is 7.89. The molecule has 0 saturated carbocycles. The summed E-state index contributed by atoms with van der Waals surface area (Å²) in [6.45, 7) is 1.83. The number of fused-ring (bicyclic) bond motifs is 1. The second-order valence-electron chi connectivity index (χ2n) is 4.93. The zero-order valence-electron chi connectivity index (χ0n) is 11.4. The first-order chi connectivity index (χ1) is 9.97. The van der Waals surface area contributed by atoms with E-state index in [1.807, 2.05) is 43.3 Å². The molecule has 1 heterocycles. The molecule has 0 amide bonds. The molecule has 3 rings (SSSR count). The summed E-state index contributed by atoms with van der Waals surface area (Å²) in [5, 5.41) is 6.31. The molecule has 4 nitrogen and oxygen atoms in total. The van der Waals surface area contributed by atoms with Gasteiger partial charge in [0.25, 0.3) is 0 Å². The fourth-order valence-electron chi connectivity index (χ4n) is 2.41. The summed E-state index contributed by atoms with van der Waals surface area (Å²) in [5.41, 5.74) is 2.94. The van der Waals surface area contributed by atoms with E-state index in [1.54, 1.807) is 18.3 Å². The van der Waals surface area contributed by atoms with Crippen LogP contribution in [0.4, 0.5) is 0 Å². The SMILES string of the molecule is Cc1ccc(-c2cccc3cccnc23)c(S(N)(=O)=O)c1. The number of rotatable bonds is 2. The van der Waals surface area contributed by atoms with Gasteiger partial charge in [0.2, 0.25) is 10.0 Å². The molecule has 106 valence electrons. The number of nitrogens with two attached hydrogens (primary N) is 1. The Kier molecular flexibility index (Phi) is 3.23. The van der Waals surface area contributed by atoms with Crippen LogP contribution < -0.4 is 5.14 Å². The number of aryl methyl sites for hydroxylation is 1. The first-order valence-corrected chi connectivity index (χ1v) is 7.99. The van der Waals surface area contributed by atoms with Crippen LogP contribution in [0.15, 0.2) is 59.6 Å². The van der Waals surface area contributed by atoms with Gasteiger partial charge >= 0.3 is 0 Å². The van der Waals surface area contributed by atoms with Gasteiger partial charge in [-0.25, -0.2) is 13.6 Å². The number of para-hydroxylation sites is 1. The minimum Gasteiger partial charge on any atom is -0.256 e. The number of hydrogen-bond donors (Lipinski definition) is 1. The maximum Gasteiger partial charge on any atom is 0.238 e. The van der Waals surface area contributed by atoms with E-state index < -0.39 is 10.0 Å². The van der Waals surface area contributed by atoms with Crippen LogP contribution in [-0.2, 0) is 10.0 Å². The van der Waals surface area contributed by atoms with Gasteiger partial charge in [-0.15, -0.1) is 0 Å². The van der Waals surface area contributed by atoms with Crippen molar-refractivity contribution in [3.05, 3.63) is 60.3 Å². The van der Waals surface area contributed by atoms with E-state index in [-0.39, 0.29) is 4.90 Å². The number of primary sulfonamides is 1. The number of hydrogen-bond acceptors (Lipinski definition) is 3. The second-order valence-corrected chi connectivity index (χ2v) is 6.46. The third kappa shape index (κ3) is 2.53. The molecule has 0 fully saturated rings. The lowest BCUT2D eigenvalue weighted by atomic mass is 10.0. The second kappa shape index (κ2) is 4.95. The first kappa shape index (κ1) is 13.7. The van der Waals surface area contributed by atoms with Crippen LogP contribution in [-0.4, -0.2) is 13.4 Å². The Morgan fingerprint density at radius 1 is 1.00 bits per heavy atom. The van der Waals surface area contributed by atoms with Gasteiger partial charge in [-0.1, -0.05) is 36.4 Å². The van der Waals surface area contributed by atoms with Crippen molar-refractivity contribution in [3.63, 3.8) is 0 Å². The number of sulfonamides is 1. The van der Waals surface area contributed by atoms with Gasteiger partial charge in [-0.05, 0) is 24.6 Å². The van der Waals surface area contributed by atoms with Crippen LogP contribution in [0.2, 0.25) is 0 Å². The molecule has 0 aliphatic carbocycles. The summed E-state index contributed by atoms with van der Waals surface area (Å²) < 4.78 is 23.7. The van der Waals surface area contributed by atoms with Crippen LogP contribution in [0, 0.1) is 6.92 Å². The maximum absolute atomic E-state index is 11.9. The topological polar surface area (TPSA) is 73.0 Å². The van der Waals surface area contributed by atoms with Crippen molar-refractivity contribution in [3.8, 4) is 11.1 Å². The molecule has 0 aliphatic rings. The Balaban J connectivity index is 2.39. The van der Waals surface area contributed by atoms with Crippen molar-refractivity contribution in [2.45, 2.75) is 11.8 Å². The fraction of sp³-hybridized carbons (Fsp3) is 0.0625. The maximum atomic E-state index is 11.9. The lowest BCUT2D eigenvalue weighted by molar-refractivity contribution is 0.598. The number of benzene rings is 2. The highest BCUT2D eigenvalue weighted by Gasteiger charge is 2.17. The number of pyridine rings is 1. The highest BCUT2D eigenvalue weighted by Crippen LogP contribution is 2.32. The van der Waals surface area contributed by atoms with Crippen molar-refractivity contribution in [2.75, 3.05) is 0 Å². The summed E-state index contributed by atoms with van der Waals surface area (Å²) in [7, 11) is -3.80. The van der Waals surface area contributed by atoms with Gasteiger partial charge in [0, 0.05) is 22.7 Å². The Morgan fingerprint density at radius 3 is 2.52 bits per heavy atom. The molecule has 2 aromatic carbocycles.